The topological polar surface area (TPSA) is 94.1 Å². The number of amides is 2. The number of hydrogen-bond donors (Lipinski definition) is 1. The minimum atomic E-state index is -0.480. The minimum Gasteiger partial charge on any atom is -0.497 e. The van der Waals surface area contributed by atoms with E-state index in [1.54, 1.807) is 31.4 Å². The van der Waals surface area contributed by atoms with Crippen LogP contribution < -0.4 is 10.1 Å². The monoisotopic (exact) mass is 456 g/mol. The van der Waals surface area contributed by atoms with Crippen molar-refractivity contribution in [1.82, 2.24) is 20.5 Å². The molecule has 0 aliphatic heterocycles. The smallest absolute Gasteiger partial charge is 0.257 e. The molecule has 0 saturated carbocycles. The fourth-order valence-corrected chi connectivity index (χ4v) is 3.65. The first-order valence-electron chi connectivity index (χ1n) is 10.1. The molecule has 7 nitrogen and oxygen atoms in total. The quantitative estimate of drug-likeness (QED) is 0.415. The van der Waals surface area contributed by atoms with Crippen molar-refractivity contribution < 1.29 is 14.3 Å². The second kappa shape index (κ2) is 10.5. The molecule has 0 bridgehead atoms. The second-order valence-corrected chi connectivity index (χ2v) is 7.86. The summed E-state index contributed by atoms with van der Waals surface area (Å²) in [5, 5.41) is 11.3. The summed E-state index contributed by atoms with van der Waals surface area (Å²) >= 11 is 1.12. The van der Waals surface area contributed by atoms with Gasteiger partial charge in [-0.1, -0.05) is 72.4 Å². The zero-order chi connectivity index (χ0) is 23.0. The zero-order valence-electron chi connectivity index (χ0n) is 17.8. The van der Waals surface area contributed by atoms with Gasteiger partial charge in [0.2, 0.25) is 11.1 Å². The van der Waals surface area contributed by atoms with E-state index in [9.17, 15) is 9.59 Å². The number of thioether (sulfide) groups is 1. The van der Waals surface area contributed by atoms with Crippen LogP contribution in [-0.4, -0.2) is 39.9 Å². The molecule has 4 rings (SSSR count). The van der Waals surface area contributed by atoms with Gasteiger partial charge in [0.05, 0.1) is 12.9 Å². The largest absolute Gasteiger partial charge is 0.497 e. The lowest BCUT2D eigenvalue weighted by Crippen LogP contribution is -2.31. The summed E-state index contributed by atoms with van der Waals surface area (Å²) in [5.41, 5.74) is 3.49. The Kier molecular flexibility index (Phi) is 7.06. The molecular weight excluding hydrogens is 436 g/mol. The van der Waals surface area contributed by atoms with Crippen molar-refractivity contribution in [2.45, 2.75) is 5.16 Å². The average Bonchev–Trinajstić information content (AvgIpc) is 2.88. The molecular formula is C25H20N4O3S. The van der Waals surface area contributed by atoms with Crippen LogP contribution in [0.4, 0.5) is 0 Å². The van der Waals surface area contributed by atoms with E-state index in [1.807, 2.05) is 60.7 Å². The number of benzene rings is 3. The van der Waals surface area contributed by atoms with Gasteiger partial charge in [-0.05, 0) is 24.3 Å². The molecule has 0 atom stereocenters. The van der Waals surface area contributed by atoms with Gasteiger partial charge in [0, 0.05) is 16.7 Å². The molecule has 33 heavy (non-hydrogen) atoms. The van der Waals surface area contributed by atoms with Crippen molar-refractivity contribution in [2.75, 3.05) is 12.9 Å². The number of carbonyl (C=O) groups is 2. The van der Waals surface area contributed by atoms with Crippen molar-refractivity contribution in [3.63, 3.8) is 0 Å². The van der Waals surface area contributed by atoms with Crippen LogP contribution in [-0.2, 0) is 4.79 Å². The molecule has 0 aliphatic rings. The van der Waals surface area contributed by atoms with Crippen LogP contribution in [0.1, 0.15) is 10.4 Å². The van der Waals surface area contributed by atoms with E-state index in [0.717, 1.165) is 22.9 Å². The molecule has 0 saturated heterocycles. The van der Waals surface area contributed by atoms with Crippen LogP contribution in [0, 0.1) is 0 Å². The standard InChI is InChI=1S/C25H20N4O3S/c1-32-20-14-12-19(13-15-20)24(31)26-21(30)16-33-25-27-22(17-8-4-2-5-9-17)23(28-29-25)18-10-6-3-7-11-18/h2-15H,16H2,1H3,(H,26,30,31). The lowest BCUT2D eigenvalue weighted by atomic mass is 10.0. The maximum atomic E-state index is 12.3. The van der Waals surface area contributed by atoms with Gasteiger partial charge in [0.15, 0.2) is 0 Å². The molecule has 8 heteroatoms. The molecule has 1 aromatic heterocycles. The van der Waals surface area contributed by atoms with Gasteiger partial charge >= 0.3 is 0 Å². The Morgan fingerprint density at radius 1 is 0.818 bits per heavy atom. The third-order valence-corrected chi connectivity index (χ3v) is 5.54. The van der Waals surface area contributed by atoms with Crippen LogP contribution in [0.2, 0.25) is 0 Å². The number of hydrogen-bond acceptors (Lipinski definition) is 7. The number of carbonyl (C=O) groups excluding carboxylic acids is 2. The van der Waals surface area contributed by atoms with Gasteiger partial charge in [-0.25, -0.2) is 4.98 Å². The number of rotatable bonds is 7. The van der Waals surface area contributed by atoms with Crippen molar-refractivity contribution in [3.05, 3.63) is 90.5 Å². The Balaban J connectivity index is 1.48. The molecule has 1 N–H and O–H groups in total. The summed E-state index contributed by atoms with van der Waals surface area (Å²) in [6.07, 6.45) is 0. The molecule has 0 spiro atoms. The molecule has 1 heterocycles. The van der Waals surface area contributed by atoms with Crippen LogP contribution in [0.25, 0.3) is 22.5 Å². The first-order chi connectivity index (χ1) is 16.1. The number of nitrogens with one attached hydrogen (secondary N) is 1. The van der Waals surface area contributed by atoms with Crippen molar-refractivity contribution in [1.29, 1.82) is 0 Å². The van der Waals surface area contributed by atoms with Gasteiger partial charge in [-0.15, -0.1) is 10.2 Å². The molecule has 0 aliphatic carbocycles. The van der Waals surface area contributed by atoms with E-state index in [0.29, 0.717) is 27.9 Å². The highest BCUT2D eigenvalue weighted by atomic mass is 32.2. The number of methoxy groups -OCH3 is 1. The highest BCUT2D eigenvalue weighted by Crippen LogP contribution is 2.29. The van der Waals surface area contributed by atoms with Crippen LogP contribution >= 0.6 is 11.8 Å². The van der Waals surface area contributed by atoms with Crippen LogP contribution in [0.15, 0.2) is 90.1 Å². The average molecular weight is 457 g/mol. The van der Waals surface area contributed by atoms with Gasteiger partial charge in [-0.3, -0.25) is 14.9 Å². The Morgan fingerprint density at radius 2 is 1.42 bits per heavy atom. The highest BCUT2D eigenvalue weighted by Gasteiger charge is 2.16. The maximum Gasteiger partial charge on any atom is 0.257 e. The highest BCUT2D eigenvalue weighted by molar-refractivity contribution is 7.99. The summed E-state index contributed by atoms with van der Waals surface area (Å²) in [4.78, 5) is 29.3. The van der Waals surface area contributed by atoms with Crippen molar-refractivity contribution >= 4 is 23.6 Å². The minimum absolute atomic E-state index is 0.0253. The molecule has 0 radical (unpaired) electrons. The van der Waals surface area contributed by atoms with Crippen molar-refractivity contribution in [2.24, 2.45) is 0 Å². The Hall–Kier alpha value is -4.04. The van der Waals surface area contributed by atoms with E-state index in [2.05, 4.69) is 20.5 Å². The fourth-order valence-electron chi connectivity index (χ4n) is 3.07. The SMILES string of the molecule is COc1ccc(C(=O)NC(=O)CSc2nnc(-c3ccccc3)c(-c3ccccc3)n2)cc1. The second-order valence-electron chi connectivity index (χ2n) is 6.92. The summed E-state index contributed by atoms with van der Waals surface area (Å²) < 4.78 is 5.07. The van der Waals surface area contributed by atoms with Gasteiger partial charge in [0.25, 0.3) is 5.91 Å². The predicted molar refractivity (Wildman–Crippen MR) is 127 cm³/mol. The normalized spacial score (nSPS) is 10.5. The first-order valence-corrected chi connectivity index (χ1v) is 11.1. The van der Waals surface area contributed by atoms with E-state index < -0.39 is 11.8 Å². The molecule has 164 valence electrons. The summed E-state index contributed by atoms with van der Waals surface area (Å²) in [6.45, 7) is 0. The number of ether oxygens (including phenoxy) is 1. The van der Waals surface area contributed by atoms with Gasteiger partial charge in [-0.2, -0.15) is 0 Å². The van der Waals surface area contributed by atoms with Gasteiger partial charge < -0.3 is 4.74 Å². The van der Waals surface area contributed by atoms with E-state index in [4.69, 9.17) is 4.74 Å². The van der Waals surface area contributed by atoms with Crippen molar-refractivity contribution in [3.8, 4) is 28.3 Å². The lowest BCUT2D eigenvalue weighted by Gasteiger charge is -2.09. The predicted octanol–water partition coefficient (Wildman–Crippen LogP) is 4.26. The third kappa shape index (κ3) is 5.61. The Labute approximate surface area is 195 Å². The van der Waals surface area contributed by atoms with E-state index in [-0.39, 0.29) is 5.75 Å². The van der Waals surface area contributed by atoms with Crippen LogP contribution in [0.3, 0.4) is 0 Å². The lowest BCUT2D eigenvalue weighted by molar-refractivity contribution is -0.117. The summed E-state index contributed by atoms with van der Waals surface area (Å²) in [5.74, 6) is -0.321. The molecule has 0 unspecified atom stereocenters. The van der Waals surface area contributed by atoms with E-state index >= 15 is 0 Å². The maximum absolute atomic E-state index is 12.3. The number of nitrogens with zero attached hydrogens (tertiary/aromatic N) is 3. The Morgan fingerprint density at radius 3 is 2.03 bits per heavy atom. The molecule has 4 aromatic rings. The first kappa shape index (κ1) is 22.2. The third-order valence-electron chi connectivity index (χ3n) is 4.70. The molecule has 3 aromatic carbocycles. The number of aromatic nitrogens is 3. The van der Waals surface area contributed by atoms with E-state index in [1.165, 1.54) is 0 Å². The summed E-state index contributed by atoms with van der Waals surface area (Å²) in [6, 6.07) is 25.9. The number of imide groups is 1. The van der Waals surface area contributed by atoms with Gasteiger partial charge in [0.1, 0.15) is 17.1 Å². The fraction of sp³-hybridized carbons (Fsp3) is 0.0800. The zero-order valence-corrected chi connectivity index (χ0v) is 18.6. The Bertz CT molecular complexity index is 1250. The molecule has 0 fully saturated rings. The van der Waals surface area contributed by atoms with Crippen LogP contribution in [0.5, 0.6) is 5.75 Å². The summed E-state index contributed by atoms with van der Waals surface area (Å²) in [7, 11) is 1.54. The molecule has 2 amide bonds.